The average molecular weight is 266 g/mol. The van der Waals surface area contributed by atoms with Crippen LogP contribution in [0.3, 0.4) is 0 Å². The maximum atomic E-state index is 13.4. The minimum absolute atomic E-state index is 0.158. The second kappa shape index (κ2) is 5.85. The summed E-state index contributed by atoms with van der Waals surface area (Å²) in [5.41, 5.74) is 6.50. The SMILES string of the molecule is NCCc1ccc(Oc2ccccc2F)c(Cl)c1. The molecule has 94 valence electrons. The molecule has 0 bridgehead atoms. The van der Waals surface area contributed by atoms with E-state index in [1.54, 1.807) is 30.3 Å². The van der Waals surface area contributed by atoms with E-state index in [4.69, 9.17) is 22.1 Å². The van der Waals surface area contributed by atoms with Crippen molar-refractivity contribution < 1.29 is 9.13 Å². The highest BCUT2D eigenvalue weighted by Gasteiger charge is 2.07. The van der Waals surface area contributed by atoms with Crippen LogP contribution in [0.4, 0.5) is 4.39 Å². The van der Waals surface area contributed by atoms with Crippen molar-refractivity contribution in [2.45, 2.75) is 6.42 Å². The van der Waals surface area contributed by atoms with Gasteiger partial charge in [0.1, 0.15) is 5.75 Å². The Hall–Kier alpha value is -1.58. The predicted octanol–water partition coefficient (Wildman–Crippen LogP) is 3.77. The van der Waals surface area contributed by atoms with E-state index in [-0.39, 0.29) is 5.75 Å². The molecule has 0 spiro atoms. The number of halogens is 2. The van der Waals surface area contributed by atoms with Gasteiger partial charge in [-0.3, -0.25) is 0 Å². The first-order valence-electron chi connectivity index (χ1n) is 5.61. The Morgan fingerprint density at radius 1 is 1.11 bits per heavy atom. The number of para-hydroxylation sites is 1. The number of hydrogen-bond donors (Lipinski definition) is 1. The second-order valence-corrected chi connectivity index (χ2v) is 4.24. The Kier molecular flexibility index (Phi) is 4.18. The van der Waals surface area contributed by atoms with Gasteiger partial charge in [0.2, 0.25) is 0 Å². The Morgan fingerprint density at radius 2 is 1.89 bits per heavy atom. The summed E-state index contributed by atoms with van der Waals surface area (Å²) in [6.45, 7) is 0.559. The zero-order chi connectivity index (χ0) is 13.0. The molecule has 2 aromatic rings. The Labute approximate surface area is 110 Å². The molecule has 2 rings (SSSR count). The first-order valence-corrected chi connectivity index (χ1v) is 5.99. The first-order chi connectivity index (χ1) is 8.70. The molecule has 2 N–H and O–H groups in total. The van der Waals surface area contributed by atoms with Gasteiger partial charge in [-0.05, 0) is 42.8 Å². The van der Waals surface area contributed by atoms with Crippen LogP contribution in [-0.2, 0) is 6.42 Å². The lowest BCUT2D eigenvalue weighted by Crippen LogP contribution is -2.02. The number of benzene rings is 2. The maximum absolute atomic E-state index is 13.4. The summed E-state index contributed by atoms with van der Waals surface area (Å²) in [6, 6.07) is 11.6. The summed E-state index contributed by atoms with van der Waals surface area (Å²) in [4.78, 5) is 0. The van der Waals surface area contributed by atoms with Crippen LogP contribution in [-0.4, -0.2) is 6.54 Å². The van der Waals surface area contributed by atoms with Crippen molar-refractivity contribution in [3.05, 3.63) is 58.9 Å². The molecule has 0 unspecified atom stereocenters. The highest BCUT2D eigenvalue weighted by atomic mass is 35.5. The Bertz CT molecular complexity index is 545. The topological polar surface area (TPSA) is 35.2 Å². The lowest BCUT2D eigenvalue weighted by atomic mass is 10.1. The van der Waals surface area contributed by atoms with Gasteiger partial charge in [-0.1, -0.05) is 29.8 Å². The van der Waals surface area contributed by atoms with Crippen LogP contribution in [0.5, 0.6) is 11.5 Å². The zero-order valence-corrected chi connectivity index (χ0v) is 10.5. The zero-order valence-electron chi connectivity index (χ0n) is 9.70. The lowest BCUT2D eigenvalue weighted by Gasteiger charge is -2.09. The van der Waals surface area contributed by atoms with Gasteiger partial charge in [-0.25, -0.2) is 4.39 Å². The molecule has 0 saturated heterocycles. The Balaban J connectivity index is 2.22. The summed E-state index contributed by atoms with van der Waals surface area (Å²) >= 11 is 6.08. The average Bonchev–Trinajstić information content (AvgIpc) is 2.35. The van der Waals surface area contributed by atoms with Crippen molar-refractivity contribution >= 4 is 11.6 Å². The molecule has 0 atom stereocenters. The predicted molar refractivity (Wildman–Crippen MR) is 70.7 cm³/mol. The summed E-state index contributed by atoms with van der Waals surface area (Å²) in [5.74, 6) is 0.174. The third-order valence-electron chi connectivity index (χ3n) is 2.49. The van der Waals surface area contributed by atoms with Gasteiger partial charge in [0.05, 0.1) is 5.02 Å². The smallest absolute Gasteiger partial charge is 0.165 e. The fourth-order valence-electron chi connectivity index (χ4n) is 1.60. The summed E-state index contributed by atoms with van der Waals surface area (Å²) in [5, 5.41) is 0.448. The maximum Gasteiger partial charge on any atom is 0.165 e. The van der Waals surface area contributed by atoms with Crippen molar-refractivity contribution in [2.24, 2.45) is 5.73 Å². The fourth-order valence-corrected chi connectivity index (χ4v) is 1.84. The molecule has 0 aliphatic rings. The number of ether oxygens (including phenoxy) is 1. The van der Waals surface area contributed by atoms with Crippen molar-refractivity contribution in [2.75, 3.05) is 6.54 Å². The van der Waals surface area contributed by atoms with Crippen LogP contribution >= 0.6 is 11.6 Å². The number of hydrogen-bond acceptors (Lipinski definition) is 2. The molecule has 18 heavy (non-hydrogen) atoms. The van der Waals surface area contributed by atoms with Crippen molar-refractivity contribution in [3.8, 4) is 11.5 Å². The van der Waals surface area contributed by atoms with Crippen LogP contribution < -0.4 is 10.5 Å². The largest absolute Gasteiger partial charge is 0.453 e. The van der Waals surface area contributed by atoms with E-state index < -0.39 is 5.82 Å². The van der Waals surface area contributed by atoms with E-state index in [1.807, 2.05) is 6.07 Å². The van der Waals surface area contributed by atoms with E-state index in [0.717, 1.165) is 12.0 Å². The highest BCUT2D eigenvalue weighted by Crippen LogP contribution is 2.31. The molecule has 0 amide bonds. The number of nitrogens with two attached hydrogens (primary N) is 1. The molecule has 2 nitrogen and oxygen atoms in total. The monoisotopic (exact) mass is 265 g/mol. The summed E-state index contributed by atoms with van der Waals surface area (Å²) in [6.07, 6.45) is 0.750. The van der Waals surface area contributed by atoms with E-state index >= 15 is 0 Å². The molecule has 4 heteroatoms. The first kappa shape index (κ1) is 12.9. The van der Waals surface area contributed by atoms with Gasteiger partial charge in [-0.15, -0.1) is 0 Å². The van der Waals surface area contributed by atoms with Crippen molar-refractivity contribution in [1.29, 1.82) is 0 Å². The van der Waals surface area contributed by atoms with Crippen LogP contribution in [0.2, 0.25) is 5.02 Å². The molecule has 0 heterocycles. The molecule has 2 aromatic carbocycles. The molecule has 0 radical (unpaired) electrons. The molecule has 0 aliphatic carbocycles. The van der Waals surface area contributed by atoms with Gasteiger partial charge in [-0.2, -0.15) is 0 Å². The van der Waals surface area contributed by atoms with E-state index in [2.05, 4.69) is 0 Å². The third kappa shape index (κ3) is 3.00. The van der Waals surface area contributed by atoms with Crippen LogP contribution in [0, 0.1) is 5.82 Å². The van der Waals surface area contributed by atoms with E-state index in [0.29, 0.717) is 17.3 Å². The summed E-state index contributed by atoms with van der Waals surface area (Å²) < 4.78 is 18.9. The summed E-state index contributed by atoms with van der Waals surface area (Å²) in [7, 11) is 0. The normalized spacial score (nSPS) is 10.4. The fraction of sp³-hybridized carbons (Fsp3) is 0.143. The van der Waals surface area contributed by atoms with Gasteiger partial charge in [0.25, 0.3) is 0 Å². The van der Waals surface area contributed by atoms with E-state index in [1.165, 1.54) is 6.07 Å². The van der Waals surface area contributed by atoms with Crippen LogP contribution in [0.25, 0.3) is 0 Å². The molecular weight excluding hydrogens is 253 g/mol. The quantitative estimate of drug-likeness (QED) is 0.913. The van der Waals surface area contributed by atoms with Gasteiger partial charge in [0.15, 0.2) is 11.6 Å². The third-order valence-corrected chi connectivity index (χ3v) is 2.78. The number of rotatable bonds is 4. The molecular formula is C14H13ClFNO. The lowest BCUT2D eigenvalue weighted by molar-refractivity contribution is 0.442. The van der Waals surface area contributed by atoms with Gasteiger partial charge in [0, 0.05) is 0 Å². The highest BCUT2D eigenvalue weighted by molar-refractivity contribution is 6.32. The standard InChI is InChI=1S/C14H13ClFNO/c15-11-9-10(7-8-17)5-6-13(11)18-14-4-2-1-3-12(14)16/h1-6,9H,7-8,17H2. The molecule has 0 aromatic heterocycles. The van der Waals surface area contributed by atoms with Crippen LogP contribution in [0.15, 0.2) is 42.5 Å². The molecule has 0 aliphatic heterocycles. The van der Waals surface area contributed by atoms with Gasteiger partial charge >= 0.3 is 0 Å². The van der Waals surface area contributed by atoms with Crippen LogP contribution in [0.1, 0.15) is 5.56 Å². The van der Waals surface area contributed by atoms with Crippen molar-refractivity contribution in [3.63, 3.8) is 0 Å². The minimum Gasteiger partial charge on any atom is -0.453 e. The molecule has 0 fully saturated rings. The second-order valence-electron chi connectivity index (χ2n) is 3.84. The minimum atomic E-state index is -0.417. The Morgan fingerprint density at radius 3 is 2.56 bits per heavy atom. The molecule has 0 saturated carbocycles. The van der Waals surface area contributed by atoms with E-state index in [9.17, 15) is 4.39 Å². The van der Waals surface area contributed by atoms with Gasteiger partial charge < -0.3 is 10.5 Å². The van der Waals surface area contributed by atoms with Crippen molar-refractivity contribution in [1.82, 2.24) is 0 Å².